The van der Waals surface area contributed by atoms with Crippen LogP contribution >= 0.6 is 0 Å². The molecule has 0 atom stereocenters. The Morgan fingerprint density at radius 1 is 0.283 bits per heavy atom. The van der Waals surface area contributed by atoms with E-state index in [1.807, 2.05) is 60.7 Å². The van der Waals surface area contributed by atoms with Gasteiger partial charge in [-0.05, 0) is 66.3 Å². The molecule has 3 nitrogen and oxygen atoms in total. The van der Waals surface area contributed by atoms with Crippen LogP contribution in [0.2, 0.25) is 0 Å². The number of nitrogens with zero attached hydrogens (tertiary/aromatic N) is 3. The van der Waals surface area contributed by atoms with E-state index in [0.717, 1.165) is 22.3 Å². The van der Waals surface area contributed by atoms with Crippen LogP contribution in [0.5, 0.6) is 0 Å². The summed E-state index contributed by atoms with van der Waals surface area (Å²) in [6.45, 7) is 0. The molecule has 0 spiro atoms. The van der Waals surface area contributed by atoms with E-state index in [4.69, 9.17) is 15.0 Å². The molecule has 46 heavy (non-hydrogen) atoms. The van der Waals surface area contributed by atoms with Crippen LogP contribution in [-0.4, -0.2) is 15.0 Å². The molecule has 0 aliphatic rings. The maximum absolute atomic E-state index is 5.01. The van der Waals surface area contributed by atoms with Gasteiger partial charge in [-0.3, -0.25) is 0 Å². The Morgan fingerprint density at radius 3 is 1.41 bits per heavy atom. The van der Waals surface area contributed by atoms with Gasteiger partial charge in [0.25, 0.3) is 0 Å². The van der Waals surface area contributed by atoms with Crippen molar-refractivity contribution in [2.24, 2.45) is 0 Å². The molecule has 0 N–H and O–H groups in total. The third-order valence-electron chi connectivity index (χ3n) is 8.86. The zero-order chi connectivity index (χ0) is 30.5. The Labute approximate surface area is 266 Å². The predicted molar refractivity (Wildman–Crippen MR) is 192 cm³/mol. The maximum Gasteiger partial charge on any atom is 0.164 e. The Balaban J connectivity index is 1.30. The summed E-state index contributed by atoms with van der Waals surface area (Å²) < 4.78 is 0. The molecule has 3 heteroatoms. The summed E-state index contributed by atoms with van der Waals surface area (Å²) in [5, 5.41) is 10.0. The molecular weight excluding hydrogens is 558 g/mol. The first-order chi connectivity index (χ1) is 22.8. The highest BCUT2D eigenvalue weighted by Crippen LogP contribution is 2.42. The van der Waals surface area contributed by atoms with E-state index >= 15 is 0 Å². The van der Waals surface area contributed by atoms with Crippen LogP contribution in [0.1, 0.15) is 0 Å². The van der Waals surface area contributed by atoms with Crippen LogP contribution in [-0.2, 0) is 0 Å². The van der Waals surface area contributed by atoms with Crippen LogP contribution < -0.4 is 0 Å². The van der Waals surface area contributed by atoms with Gasteiger partial charge in [0, 0.05) is 16.7 Å². The second kappa shape index (κ2) is 10.8. The average molecular weight is 586 g/mol. The Morgan fingerprint density at radius 2 is 0.761 bits per heavy atom. The lowest BCUT2D eigenvalue weighted by Crippen LogP contribution is -2.00. The molecule has 214 valence electrons. The predicted octanol–water partition coefficient (Wildman–Crippen LogP) is 11.2. The van der Waals surface area contributed by atoms with Crippen molar-refractivity contribution >= 4 is 43.1 Å². The van der Waals surface area contributed by atoms with E-state index in [9.17, 15) is 0 Å². The van der Waals surface area contributed by atoms with Crippen LogP contribution in [0.15, 0.2) is 164 Å². The summed E-state index contributed by atoms with van der Waals surface area (Å²) in [6.07, 6.45) is 0. The number of benzene rings is 8. The van der Waals surface area contributed by atoms with E-state index in [-0.39, 0.29) is 0 Å². The maximum atomic E-state index is 5.01. The first-order valence-corrected chi connectivity index (χ1v) is 15.5. The van der Waals surface area contributed by atoms with Crippen molar-refractivity contribution in [3.63, 3.8) is 0 Å². The fourth-order valence-electron chi connectivity index (χ4n) is 6.70. The molecule has 0 aliphatic heterocycles. The largest absolute Gasteiger partial charge is 0.208 e. The molecule has 9 rings (SSSR count). The smallest absolute Gasteiger partial charge is 0.164 e. The molecule has 0 saturated carbocycles. The molecule has 8 aromatic carbocycles. The minimum absolute atomic E-state index is 0.649. The molecule has 0 fully saturated rings. The molecule has 0 bridgehead atoms. The Bertz CT molecular complexity index is 2520. The van der Waals surface area contributed by atoms with E-state index in [0.29, 0.717) is 17.5 Å². The lowest BCUT2D eigenvalue weighted by Gasteiger charge is -2.16. The average Bonchev–Trinajstić information content (AvgIpc) is 3.14. The second-order valence-electron chi connectivity index (χ2n) is 11.6. The monoisotopic (exact) mass is 585 g/mol. The topological polar surface area (TPSA) is 38.7 Å². The van der Waals surface area contributed by atoms with Crippen LogP contribution in [0.3, 0.4) is 0 Å². The lowest BCUT2D eigenvalue weighted by molar-refractivity contribution is 1.07. The highest BCUT2D eigenvalue weighted by atomic mass is 15.0. The lowest BCUT2D eigenvalue weighted by atomic mass is 9.88. The molecule has 9 aromatic rings. The van der Waals surface area contributed by atoms with Gasteiger partial charge >= 0.3 is 0 Å². The van der Waals surface area contributed by atoms with Crippen molar-refractivity contribution in [3.8, 4) is 45.3 Å². The van der Waals surface area contributed by atoms with Gasteiger partial charge < -0.3 is 0 Å². The molecule has 1 aromatic heterocycles. The van der Waals surface area contributed by atoms with Crippen LogP contribution in [0, 0.1) is 0 Å². The molecule has 0 aliphatic carbocycles. The van der Waals surface area contributed by atoms with E-state index in [1.165, 1.54) is 48.7 Å². The summed E-state index contributed by atoms with van der Waals surface area (Å²) in [5.74, 6) is 1.96. The first kappa shape index (κ1) is 26.2. The van der Waals surface area contributed by atoms with Crippen molar-refractivity contribution in [3.05, 3.63) is 164 Å². The van der Waals surface area contributed by atoms with Crippen LogP contribution in [0.4, 0.5) is 0 Å². The molecule has 0 amide bonds. The van der Waals surface area contributed by atoms with Gasteiger partial charge in [0.2, 0.25) is 0 Å². The summed E-state index contributed by atoms with van der Waals surface area (Å²) >= 11 is 0. The summed E-state index contributed by atoms with van der Waals surface area (Å²) in [4.78, 5) is 14.9. The third kappa shape index (κ3) is 4.41. The number of fused-ring (bicyclic) bond motifs is 7. The van der Waals surface area contributed by atoms with Crippen LogP contribution in [0.25, 0.3) is 88.4 Å². The standard InChI is InChI=1S/C43H27N3/c1-3-14-30(15-4-1)41-44-42(31-16-5-2-6-17-31)46-43(45-41)34-19-11-18-32(26-34)38-27-33-23-22-28-12-7-9-20-35(28)39(33)37-25-24-29-13-8-10-21-36(29)40(37)38/h1-27H. The van der Waals surface area contributed by atoms with Crippen molar-refractivity contribution in [2.75, 3.05) is 0 Å². The van der Waals surface area contributed by atoms with Gasteiger partial charge in [0.05, 0.1) is 0 Å². The fourth-order valence-corrected chi connectivity index (χ4v) is 6.70. The minimum atomic E-state index is 0.649. The molecule has 0 saturated heterocycles. The van der Waals surface area contributed by atoms with Gasteiger partial charge in [-0.2, -0.15) is 0 Å². The minimum Gasteiger partial charge on any atom is -0.208 e. The SMILES string of the molecule is c1ccc(-c2nc(-c3ccccc3)nc(-c3cccc(-c4cc5ccc6ccccc6c5c5ccc6ccccc6c45)c3)n2)cc1. The highest BCUT2D eigenvalue weighted by Gasteiger charge is 2.16. The van der Waals surface area contributed by atoms with Crippen molar-refractivity contribution in [2.45, 2.75) is 0 Å². The van der Waals surface area contributed by atoms with Crippen molar-refractivity contribution in [1.29, 1.82) is 0 Å². The number of hydrogen-bond donors (Lipinski definition) is 0. The first-order valence-electron chi connectivity index (χ1n) is 15.5. The van der Waals surface area contributed by atoms with Gasteiger partial charge in [-0.25, -0.2) is 15.0 Å². The number of hydrogen-bond acceptors (Lipinski definition) is 3. The van der Waals surface area contributed by atoms with Crippen molar-refractivity contribution < 1.29 is 0 Å². The number of aromatic nitrogens is 3. The molecule has 0 unspecified atom stereocenters. The van der Waals surface area contributed by atoms with E-state index < -0.39 is 0 Å². The highest BCUT2D eigenvalue weighted by molar-refractivity contribution is 6.28. The normalized spacial score (nSPS) is 11.5. The Kier molecular flexibility index (Phi) is 6.14. The zero-order valence-corrected chi connectivity index (χ0v) is 24.9. The summed E-state index contributed by atoms with van der Waals surface area (Å²) in [6, 6.07) is 57.6. The zero-order valence-electron chi connectivity index (χ0n) is 24.9. The fraction of sp³-hybridized carbons (Fsp3) is 0. The molecule has 0 radical (unpaired) electrons. The van der Waals surface area contributed by atoms with Gasteiger partial charge in [-0.1, -0.05) is 152 Å². The number of rotatable bonds is 4. The molecular formula is C43H27N3. The van der Waals surface area contributed by atoms with E-state index in [1.54, 1.807) is 0 Å². The van der Waals surface area contributed by atoms with Gasteiger partial charge in [0.1, 0.15) is 0 Å². The quantitative estimate of drug-likeness (QED) is 0.193. The Hall–Kier alpha value is -6.19. The van der Waals surface area contributed by atoms with Gasteiger partial charge in [0.15, 0.2) is 17.5 Å². The van der Waals surface area contributed by atoms with E-state index in [2.05, 4.69) is 103 Å². The third-order valence-corrected chi connectivity index (χ3v) is 8.86. The second-order valence-corrected chi connectivity index (χ2v) is 11.6. The van der Waals surface area contributed by atoms with Crippen molar-refractivity contribution in [1.82, 2.24) is 15.0 Å². The molecule has 1 heterocycles. The summed E-state index contributed by atoms with van der Waals surface area (Å²) in [5.41, 5.74) is 5.17. The van der Waals surface area contributed by atoms with Gasteiger partial charge in [-0.15, -0.1) is 0 Å². The summed E-state index contributed by atoms with van der Waals surface area (Å²) in [7, 11) is 0.